The fourth-order valence-electron chi connectivity index (χ4n) is 3.36. The number of benzene rings is 1. The number of nitrogens with one attached hydrogen (secondary N) is 1. The maximum atomic E-state index is 12.2. The number of carbonyl (C=O) groups is 1. The highest BCUT2D eigenvalue weighted by molar-refractivity contribution is 5.74. The van der Waals surface area contributed by atoms with Crippen LogP contribution in [0.15, 0.2) is 30.3 Å². The van der Waals surface area contributed by atoms with Crippen LogP contribution in [-0.4, -0.2) is 43.7 Å². The third kappa shape index (κ3) is 3.69. The third-order valence-electron chi connectivity index (χ3n) is 4.70. The van der Waals surface area contributed by atoms with Gasteiger partial charge in [-0.25, -0.2) is 4.79 Å². The summed E-state index contributed by atoms with van der Waals surface area (Å²) in [5, 5.41) is 3.12. The molecule has 1 saturated carbocycles. The van der Waals surface area contributed by atoms with E-state index in [1.54, 1.807) is 0 Å². The Kier molecular flexibility index (Phi) is 4.63. The van der Waals surface area contributed by atoms with E-state index < -0.39 is 0 Å². The van der Waals surface area contributed by atoms with Crippen LogP contribution in [0.25, 0.3) is 0 Å². The molecule has 0 unspecified atom stereocenters. The number of carbonyl (C=O) groups excluding carboxylic acids is 1. The lowest BCUT2D eigenvalue weighted by Crippen LogP contribution is -2.52. The van der Waals surface area contributed by atoms with Crippen LogP contribution in [0.1, 0.15) is 25.7 Å². The van der Waals surface area contributed by atoms with Crippen molar-refractivity contribution in [3.05, 3.63) is 30.3 Å². The average Bonchev–Trinajstić information content (AvgIpc) is 3.07. The second-order valence-electron chi connectivity index (χ2n) is 6.15. The van der Waals surface area contributed by atoms with E-state index in [2.05, 4.69) is 34.5 Å². The number of urea groups is 1. The normalized spacial score (nSPS) is 19.8. The molecule has 0 atom stereocenters. The number of hydrogen-bond acceptors (Lipinski definition) is 2. The molecule has 4 heteroatoms. The van der Waals surface area contributed by atoms with E-state index in [9.17, 15) is 4.79 Å². The predicted octanol–water partition coefficient (Wildman–Crippen LogP) is 2.71. The van der Waals surface area contributed by atoms with E-state index in [1.165, 1.54) is 31.4 Å². The van der Waals surface area contributed by atoms with Gasteiger partial charge in [0.05, 0.1) is 0 Å². The Morgan fingerprint density at radius 1 is 1.05 bits per heavy atom. The SMILES string of the molecule is O=C(NCC1CCCC1)N1CCN(c2ccccc2)CC1. The van der Waals surface area contributed by atoms with Crippen molar-refractivity contribution in [1.82, 2.24) is 10.2 Å². The molecule has 0 bridgehead atoms. The van der Waals surface area contributed by atoms with Crippen molar-refractivity contribution in [2.24, 2.45) is 5.92 Å². The Balaban J connectivity index is 1.43. The van der Waals surface area contributed by atoms with Crippen LogP contribution < -0.4 is 10.2 Å². The lowest BCUT2D eigenvalue weighted by atomic mass is 10.1. The molecule has 1 heterocycles. The summed E-state index contributed by atoms with van der Waals surface area (Å²) in [5.41, 5.74) is 1.25. The minimum atomic E-state index is 0.120. The van der Waals surface area contributed by atoms with Crippen LogP contribution in [0.4, 0.5) is 10.5 Å². The number of para-hydroxylation sites is 1. The van der Waals surface area contributed by atoms with Crippen molar-refractivity contribution < 1.29 is 4.79 Å². The van der Waals surface area contributed by atoms with Gasteiger partial charge in [0.2, 0.25) is 0 Å². The van der Waals surface area contributed by atoms with E-state index in [1.807, 2.05) is 11.0 Å². The van der Waals surface area contributed by atoms with Gasteiger partial charge in [-0.15, -0.1) is 0 Å². The summed E-state index contributed by atoms with van der Waals surface area (Å²) < 4.78 is 0. The van der Waals surface area contributed by atoms with Crippen LogP contribution in [0.3, 0.4) is 0 Å². The minimum Gasteiger partial charge on any atom is -0.368 e. The van der Waals surface area contributed by atoms with Crippen molar-refractivity contribution in [2.45, 2.75) is 25.7 Å². The lowest BCUT2D eigenvalue weighted by molar-refractivity contribution is 0.192. The molecule has 1 aromatic rings. The topological polar surface area (TPSA) is 35.6 Å². The first-order valence-electron chi connectivity index (χ1n) is 8.16. The van der Waals surface area contributed by atoms with Crippen molar-refractivity contribution in [3.63, 3.8) is 0 Å². The summed E-state index contributed by atoms with van der Waals surface area (Å²) in [4.78, 5) is 16.5. The van der Waals surface area contributed by atoms with Gasteiger partial charge in [0, 0.05) is 38.4 Å². The van der Waals surface area contributed by atoms with Gasteiger partial charge in [-0.1, -0.05) is 31.0 Å². The lowest BCUT2D eigenvalue weighted by Gasteiger charge is -2.36. The fourth-order valence-corrected chi connectivity index (χ4v) is 3.36. The maximum Gasteiger partial charge on any atom is 0.317 e. The van der Waals surface area contributed by atoms with Gasteiger partial charge in [-0.2, -0.15) is 0 Å². The summed E-state index contributed by atoms with van der Waals surface area (Å²) >= 11 is 0. The van der Waals surface area contributed by atoms with E-state index in [4.69, 9.17) is 0 Å². The van der Waals surface area contributed by atoms with Crippen molar-refractivity contribution in [1.29, 1.82) is 0 Å². The van der Waals surface area contributed by atoms with Crippen LogP contribution in [0.5, 0.6) is 0 Å². The van der Waals surface area contributed by atoms with Gasteiger partial charge in [0.25, 0.3) is 0 Å². The summed E-state index contributed by atoms with van der Waals surface area (Å²) in [7, 11) is 0. The Morgan fingerprint density at radius 3 is 2.38 bits per heavy atom. The number of hydrogen-bond donors (Lipinski definition) is 1. The Morgan fingerprint density at radius 2 is 1.71 bits per heavy atom. The Labute approximate surface area is 127 Å². The molecular weight excluding hydrogens is 262 g/mol. The molecule has 0 radical (unpaired) electrons. The van der Waals surface area contributed by atoms with E-state index >= 15 is 0 Å². The molecule has 1 aromatic carbocycles. The molecule has 1 saturated heterocycles. The van der Waals surface area contributed by atoms with Crippen LogP contribution in [-0.2, 0) is 0 Å². The van der Waals surface area contributed by atoms with Gasteiger partial charge in [-0.05, 0) is 30.9 Å². The smallest absolute Gasteiger partial charge is 0.317 e. The van der Waals surface area contributed by atoms with Crippen molar-refractivity contribution in [2.75, 3.05) is 37.6 Å². The molecule has 2 fully saturated rings. The Bertz CT molecular complexity index is 448. The molecule has 1 aliphatic carbocycles. The summed E-state index contributed by atoms with van der Waals surface area (Å²) in [6, 6.07) is 10.6. The highest BCUT2D eigenvalue weighted by atomic mass is 16.2. The van der Waals surface area contributed by atoms with Crippen LogP contribution in [0, 0.1) is 5.92 Å². The quantitative estimate of drug-likeness (QED) is 0.928. The monoisotopic (exact) mass is 287 g/mol. The first-order chi connectivity index (χ1) is 10.3. The van der Waals surface area contributed by atoms with E-state index in [-0.39, 0.29) is 6.03 Å². The molecule has 0 spiro atoms. The Hall–Kier alpha value is -1.71. The van der Waals surface area contributed by atoms with Crippen LogP contribution >= 0.6 is 0 Å². The number of piperazine rings is 1. The summed E-state index contributed by atoms with van der Waals surface area (Å²) in [5.74, 6) is 0.708. The zero-order valence-corrected chi connectivity index (χ0v) is 12.6. The summed E-state index contributed by atoms with van der Waals surface area (Å²) in [6.07, 6.45) is 5.22. The summed E-state index contributed by atoms with van der Waals surface area (Å²) in [6.45, 7) is 4.32. The van der Waals surface area contributed by atoms with Gasteiger partial charge < -0.3 is 15.1 Å². The van der Waals surface area contributed by atoms with Crippen molar-refractivity contribution >= 4 is 11.7 Å². The molecule has 2 aliphatic rings. The van der Waals surface area contributed by atoms with Gasteiger partial charge >= 0.3 is 6.03 Å². The highest BCUT2D eigenvalue weighted by Crippen LogP contribution is 2.23. The second-order valence-corrected chi connectivity index (χ2v) is 6.15. The zero-order valence-electron chi connectivity index (χ0n) is 12.6. The number of rotatable bonds is 3. The first-order valence-corrected chi connectivity index (χ1v) is 8.16. The maximum absolute atomic E-state index is 12.2. The molecule has 1 aliphatic heterocycles. The van der Waals surface area contributed by atoms with Gasteiger partial charge in [-0.3, -0.25) is 0 Å². The molecule has 4 nitrogen and oxygen atoms in total. The van der Waals surface area contributed by atoms with E-state index in [0.717, 1.165) is 32.7 Å². The van der Waals surface area contributed by atoms with Gasteiger partial charge in [0.15, 0.2) is 0 Å². The first kappa shape index (κ1) is 14.2. The highest BCUT2D eigenvalue weighted by Gasteiger charge is 2.22. The molecule has 3 rings (SSSR count). The molecule has 114 valence electrons. The van der Waals surface area contributed by atoms with Gasteiger partial charge in [0.1, 0.15) is 0 Å². The largest absolute Gasteiger partial charge is 0.368 e. The molecule has 21 heavy (non-hydrogen) atoms. The molecule has 2 amide bonds. The zero-order chi connectivity index (χ0) is 14.5. The molecule has 0 aromatic heterocycles. The number of anilines is 1. The average molecular weight is 287 g/mol. The fraction of sp³-hybridized carbons (Fsp3) is 0.588. The number of nitrogens with zero attached hydrogens (tertiary/aromatic N) is 2. The predicted molar refractivity (Wildman–Crippen MR) is 85.6 cm³/mol. The molecular formula is C17H25N3O. The van der Waals surface area contributed by atoms with Crippen molar-refractivity contribution in [3.8, 4) is 0 Å². The second kappa shape index (κ2) is 6.83. The third-order valence-corrected chi connectivity index (χ3v) is 4.70. The molecule has 1 N–H and O–H groups in total. The standard InChI is InChI=1S/C17H25N3O/c21-17(18-14-15-6-4-5-7-15)20-12-10-19(11-13-20)16-8-2-1-3-9-16/h1-3,8-9,15H,4-7,10-14H2,(H,18,21). The minimum absolute atomic E-state index is 0.120. The van der Waals surface area contributed by atoms with E-state index in [0.29, 0.717) is 5.92 Å². The van der Waals surface area contributed by atoms with Crippen LogP contribution in [0.2, 0.25) is 0 Å². The number of amides is 2.